The molecule has 0 aromatic heterocycles. The van der Waals surface area contributed by atoms with Crippen LogP contribution in [0.5, 0.6) is 0 Å². The molecule has 0 heterocycles. The third-order valence-corrected chi connectivity index (χ3v) is 3.47. The second kappa shape index (κ2) is 6.86. The number of carbonyl (C=O) groups is 1. The number of hydrogen-bond donors (Lipinski definition) is 1. The maximum atomic E-state index is 12.2. The Morgan fingerprint density at radius 2 is 1.62 bits per heavy atom. The Kier molecular flexibility index (Phi) is 4.88. The van der Waals surface area contributed by atoms with Crippen molar-refractivity contribution in [1.29, 1.82) is 0 Å². The molecule has 8 nitrogen and oxygen atoms in total. The molecule has 24 heavy (non-hydrogen) atoms. The average molecular weight is 329 g/mol. The van der Waals surface area contributed by atoms with Gasteiger partial charge in [-0.25, -0.2) is 0 Å². The van der Waals surface area contributed by atoms with Crippen LogP contribution in [-0.2, 0) is 0 Å². The van der Waals surface area contributed by atoms with E-state index in [1.165, 1.54) is 36.4 Å². The Balaban J connectivity index is 2.28. The largest absolute Gasteiger partial charge is 0.316 e. The predicted octanol–water partition coefficient (Wildman–Crippen LogP) is 3.88. The number of hydrogen-bond acceptors (Lipinski definition) is 5. The van der Waals surface area contributed by atoms with Crippen molar-refractivity contribution in [3.8, 4) is 0 Å². The Hall–Kier alpha value is -3.29. The molecule has 2 aromatic rings. The van der Waals surface area contributed by atoms with Gasteiger partial charge in [0.05, 0.1) is 9.85 Å². The monoisotopic (exact) mass is 329 g/mol. The van der Waals surface area contributed by atoms with Gasteiger partial charge >= 0.3 is 0 Å². The summed E-state index contributed by atoms with van der Waals surface area (Å²) in [5.74, 6) is -0.464. The lowest BCUT2D eigenvalue weighted by molar-refractivity contribution is -0.384. The van der Waals surface area contributed by atoms with Crippen molar-refractivity contribution in [3.63, 3.8) is 0 Å². The number of nitro benzene ring substituents is 2. The standard InChI is InChI=1S/C16H15N3O5/c1-10(2)12-5-8-14(15(9-12)19(23)24)17-16(20)11-3-6-13(7-4-11)18(21)22/h3-10H,1-2H3,(H,17,20). The molecule has 0 radical (unpaired) electrons. The van der Waals surface area contributed by atoms with Crippen molar-refractivity contribution in [3.05, 3.63) is 73.8 Å². The maximum absolute atomic E-state index is 12.2. The predicted molar refractivity (Wildman–Crippen MR) is 88.2 cm³/mol. The highest BCUT2D eigenvalue weighted by molar-refractivity contribution is 6.05. The molecule has 0 atom stereocenters. The fourth-order valence-corrected chi connectivity index (χ4v) is 2.09. The van der Waals surface area contributed by atoms with Gasteiger partial charge in [-0.2, -0.15) is 0 Å². The summed E-state index contributed by atoms with van der Waals surface area (Å²) in [4.78, 5) is 32.9. The van der Waals surface area contributed by atoms with E-state index in [0.29, 0.717) is 0 Å². The zero-order valence-corrected chi connectivity index (χ0v) is 13.1. The van der Waals surface area contributed by atoms with Crippen LogP contribution >= 0.6 is 0 Å². The first-order valence-electron chi connectivity index (χ1n) is 7.13. The number of rotatable bonds is 5. The number of non-ortho nitro benzene ring substituents is 1. The Morgan fingerprint density at radius 3 is 2.12 bits per heavy atom. The van der Waals surface area contributed by atoms with Gasteiger partial charge in [0, 0.05) is 23.8 Å². The molecule has 0 bridgehead atoms. The number of nitrogens with one attached hydrogen (secondary N) is 1. The molecule has 2 aromatic carbocycles. The van der Waals surface area contributed by atoms with Gasteiger partial charge in [0.15, 0.2) is 0 Å². The summed E-state index contributed by atoms with van der Waals surface area (Å²) in [6.45, 7) is 3.82. The highest BCUT2D eigenvalue weighted by Gasteiger charge is 2.18. The van der Waals surface area contributed by atoms with E-state index in [0.717, 1.165) is 5.56 Å². The first-order valence-corrected chi connectivity index (χ1v) is 7.13. The summed E-state index contributed by atoms with van der Waals surface area (Å²) in [6.07, 6.45) is 0. The molecule has 0 fully saturated rings. The zero-order valence-electron chi connectivity index (χ0n) is 13.1. The van der Waals surface area contributed by atoms with E-state index in [2.05, 4.69) is 5.32 Å². The highest BCUT2D eigenvalue weighted by atomic mass is 16.6. The number of carbonyl (C=O) groups excluding carboxylic acids is 1. The molecule has 0 spiro atoms. The van der Waals surface area contributed by atoms with Crippen molar-refractivity contribution in [2.45, 2.75) is 19.8 Å². The summed E-state index contributed by atoms with van der Waals surface area (Å²) in [6, 6.07) is 9.61. The molecule has 1 amide bonds. The van der Waals surface area contributed by atoms with E-state index in [1.807, 2.05) is 13.8 Å². The van der Waals surface area contributed by atoms with Crippen molar-refractivity contribution >= 4 is 23.0 Å². The van der Waals surface area contributed by atoms with E-state index in [1.54, 1.807) is 6.07 Å². The fraction of sp³-hybridized carbons (Fsp3) is 0.188. The molecule has 0 unspecified atom stereocenters. The average Bonchev–Trinajstić information content (AvgIpc) is 2.54. The van der Waals surface area contributed by atoms with Crippen LogP contribution in [0.2, 0.25) is 0 Å². The molecule has 0 aliphatic carbocycles. The van der Waals surface area contributed by atoms with E-state index in [9.17, 15) is 25.0 Å². The second-order valence-corrected chi connectivity index (χ2v) is 5.45. The van der Waals surface area contributed by atoms with Gasteiger partial charge in [-0.05, 0) is 29.7 Å². The molecule has 0 saturated carbocycles. The normalized spacial score (nSPS) is 10.5. The van der Waals surface area contributed by atoms with Gasteiger partial charge in [-0.1, -0.05) is 19.9 Å². The minimum atomic E-state index is -0.578. The first kappa shape index (κ1) is 17.1. The van der Waals surface area contributed by atoms with Crippen LogP contribution in [0.1, 0.15) is 35.7 Å². The van der Waals surface area contributed by atoms with Crippen molar-refractivity contribution in [2.75, 3.05) is 5.32 Å². The third-order valence-electron chi connectivity index (χ3n) is 3.47. The molecule has 8 heteroatoms. The molecular formula is C16H15N3O5. The van der Waals surface area contributed by atoms with Crippen LogP contribution in [0.4, 0.5) is 17.1 Å². The molecule has 2 rings (SSSR count). The molecule has 0 saturated heterocycles. The summed E-state index contributed by atoms with van der Waals surface area (Å²) < 4.78 is 0. The summed E-state index contributed by atoms with van der Waals surface area (Å²) in [5.41, 5.74) is 0.695. The van der Waals surface area contributed by atoms with E-state index >= 15 is 0 Å². The van der Waals surface area contributed by atoms with Crippen molar-refractivity contribution < 1.29 is 14.6 Å². The van der Waals surface area contributed by atoms with Gasteiger partial charge < -0.3 is 5.32 Å². The van der Waals surface area contributed by atoms with Gasteiger partial charge in [0.2, 0.25) is 0 Å². The smallest absolute Gasteiger partial charge is 0.293 e. The van der Waals surface area contributed by atoms with E-state index in [-0.39, 0.29) is 28.5 Å². The van der Waals surface area contributed by atoms with Crippen LogP contribution in [0.15, 0.2) is 42.5 Å². The lowest BCUT2D eigenvalue weighted by atomic mass is 10.0. The van der Waals surface area contributed by atoms with Crippen LogP contribution in [0.3, 0.4) is 0 Å². The number of anilines is 1. The van der Waals surface area contributed by atoms with E-state index < -0.39 is 15.8 Å². The zero-order chi connectivity index (χ0) is 17.9. The van der Waals surface area contributed by atoms with Crippen LogP contribution in [0.25, 0.3) is 0 Å². The van der Waals surface area contributed by atoms with Gasteiger partial charge in [0.1, 0.15) is 5.69 Å². The van der Waals surface area contributed by atoms with Crippen LogP contribution in [0, 0.1) is 20.2 Å². The lowest BCUT2D eigenvalue weighted by Crippen LogP contribution is -2.13. The summed E-state index contributed by atoms with van der Waals surface area (Å²) in [5, 5.41) is 24.3. The number of nitrogens with zero attached hydrogens (tertiary/aromatic N) is 2. The van der Waals surface area contributed by atoms with Gasteiger partial charge in [-0.3, -0.25) is 25.0 Å². The second-order valence-electron chi connectivity index (χ2n) is 5.45. The van der Waals surface area contributed by atoms with Gasteiger partial charge in [-0.15, -0.1) is 0 Å². The number of benzene rings is 2. The minimum absolute atomic E-state index is 0.0766. The van der Waals surface area contributed by atoms with E-state index in [4.69, 9.17) is 0 Å². The lowest BCUT2D eigenvalue weighted by Gasteiger charge is -2.09. The molecule has 0 aliphatic heterocycles. The van der Waals surface area contributed by atoms with Gasteiger partial charge in [0.25, 0.3) is 17.3 Å². The van der Waals surface area contributed by atoms with Crippen molar-refractivity contribution in [2.24, 2.45) is 0 Å². The quantitative estimate of drug-likeness (QED) is 0.660. The Labute approximate surface area is 137 Å². The molecule has 1 N–H and O–H groups in total. The maximum Gasteiger partial charge on any atom is 0.293 e. The Bertz CT molecular complexity index is 800. The van der Waals surface area contributed by atoms with Crippen molar-refractivity contribution in [1.82, 2.24) is 0 Å². The summed E-state index contributed by atoms with van der Waals surface area (Å²) in [7, 11) is 0. The Morgan fingerprint density at radius 1 is 1.00 bits per heavy atom. The number of amides is 1. The minimum Gasteiger partial charge on any atom is -0.316 e. The third kappa shape index (κ3) is 3.72. The van der Waals surface area contributed by atoms with Crippen LogP contribution in [-0.4, -0.2) is 15.8 Å². The van der Waals surface area contributed by atoms with Crippen LogP contribution < -0.4 is 5.32 Å². The SMILES string of the molecule is CC(C)c1ccc(NC(=O)c2ccc([N+](=O)[O-])cc2)c([N+](=O)[O-])c1. The number of nitro groups is 2. The fourth-order valence-electron chi connectivity index (χ4n) is 2.09. The molecular weight excluding hydrogens is 314 g/mol. The molecule has 0 aliphatic rings. The topological polar surface area (TPSA) is 115 Å². The first-order chi connectivity index (χ1) is 11.3. The highest BCUT2D eigenvalue weighted by Crippen LogP contribution is 2.29. The summed E-state index contributed by atoms with van der Waals surface area (Å²) >= 11 is 0. The molecule has 124 valence electrons.